The van der Waals surface area contributed by atoms with Crippen molar-refractivity contribution in [1.29, 1.82) is 0 Å². The molecule has 122 valence electrons. The molecule has 0 saturated heterocycles. The third kappa shape index (κ3) is 3.71. The molecule has 3 rings (SSSR count). The third-order valence-corrected chi connectivity index (χ3v) is 3.85. The summed E-state index contributed by atoms with van der Waals surface area (Å²) in [6, 6.07) is 18.6. The Bertz CT molecular complexity index is 812. The predicted octanol–water partition coefficient (Wildman–Crippen LogP) is 5.00. The molecule has 0 spiro atoms. The van der Waals surface area contributed by atoms with E-state index in [1.54, 1.807) is 6.20 Å². The van der Waals surface area contributed by atoms with Crippen molar-refractivity contribution in [1.82, 2.24) is 9.97 Å². The second-order valence-corrected chi connectivity index (χ2v) is 5.81. The number of hydrogen-bond donors (Lipinski definition) is 1. The molecule has 2 aromatic carbocycles. The van der Waals surface area contributed by atoms with E-state index in [0.717, 1.165) is 23.7 Å². The first kappa shape index (κ1) is 16.0. The van der Waals surface area contributed by atoms with Gasteiger partial charge in [0, 0.05) is 24.1 Å². The molecule has 3 aromatic rings. The maximum atomic E-state index is 4.67. The van der Waals surface area contributed by atoms with Gasteiger partial charge in [-0.25, -0.2) is 4.98 Å². The van der Waals surface area contributed by atoms with Crippen molar-refractivity contribution in [2.75, 3.05) is 16.8 Å². The molecular weight excluding hydrogens is 296 g/mol. The van der Waals surface area contributed by atoms with Gasteiger partial charge < -0.3 is 10.2 Å². The summed E-state index contributed by atoms with van der Waals surface area (Å²) >= 11 is 0. The van der Waals surface area contributed by atoms with E-state index in [9.17, 15) is 0 Å². The molecule has 0 atom stereocenters. The Kier molecular flexibility index (Phi) is 4.75. The van der Waals surface area contributed by atoms with E-state index in [0.29, 0.717) is 5.95 Å². The second-order valence-electron chi connectivity index (χ2n) is 5.81. The number of aryl methyl sites for hydroxylation is 2. The van der Waals surface area contributed by atoms with Crippen LogP contribution in [0.3, 0.4) is 0 Å². The van der Waals surface area contributed by atoms with Crippen molar-refractivity contribution in [3.8, 4) is 0 Å². The van der Waals surface area contributed by atoms with Gasteiger partial charge in [-0.1, -0.05) is 29.8 Å². The molecule has 1 heterocycles. The number of benzene rings is 2. The largest absolute Gasteiger partial charge is 0.326 e. The molecule has 1 N–H and O–H groups in total. The molecule has 4 heteroatoms. The van der Waals surface area contributed by atoms with Crippen molar-refractivity contribution in [3.63, 3.8) is 0 Å². The Morgan fingerprint density at radius 3 is 2.46 bits per heavy atom. The highest BCUT2D eigenvalue weighted by Gasteiger charge is 2.10. The summed E-state index contributed by atoms with van der Waals surface area (Å²) < 4.78 is 0. The normalized spacial score (nSPS) is 10.5. The number of hydrogen-bond acceptors (Lipinski definition) is 4. The quantitative estimate of drug-likeness (QED) is 0.719. The van der Waals surface area contributed by atoms with Gasteiger partial charge in [0.1, 0.15) is 5.82 Å². The molecule has 0 saturated carbocycles. The molecule has 0 fully saturated rings. The molecule has 24 heavy (non-hydrogen) atoms. The number of anilines is 4. The molecule has 4 nitrogen and oxygen atoms in total. The highest BCUT2D eigenvalue weighted by atomic mass is 15.2. The molecule has 1 aromatic heterocycles. The standard InChI is InChI=1S/C20H22N4/c1-4-24(18-7-5-6-16(3)14-18)19-12-13-21-20(23-19)22-17-10-8-15(2)9-11-17/h5-14H,4H2,1-3H3,(H,21,22,23). The average molecular weight is 318 g/mol. The van der Waals surface area contributed by atoms with Crippen LogP contribution in [0.2, 0.25) is 0 Å². The summed E-state index contributed by atoms with van der Waals surface area (Å²) in [7, 11) is 0. The summed E-state index contributed by atoms with van der Waals surface area (Å²) in [5, 5.41) is 3.26. The van der Waals surface area contributed by atoms with Crippen LogP contribution in [0.1, 0.15) is 18.1 Å². The Hall–Kier alpha value is -2.88. The molecule has 0 unspecified atom stereocenters. The number of nitrogens with zero attached hydrogens (tertiary/aromatic N) is 3. The molecule has 0 bridgehead atoms. The third-order valence-electron chi connectivity index (χ3n) is 3.85. The van der Waals surface area contributed by atoms with Gasteiger partial charge in [-0.15, -0.1) is 0 Å². The minimum atomic E-state index is 0.599. The van der Waals surface area contributed by atoms with Crippen LogP contribution in [0.25, 0.3) is 0 Å². The first-order chi connectivity index (χ1) is 11.7. The fourth-order valence-electron chi connectivity index (χ4n) is 2.60. The number of nitrogens with one attached hydrogen (secondary N) is 1. The maximum Gasteiger partial charge on any atom is 0.229 e. The molecular formula is C20H22N4. The first-order valence-corrected chi connectivity index (χ1v) is 8.16. The second kappa shape index (κ2) is 7.13. The minimum Gasteiger partial charge on any atom is -0.326 e. The lowest BCUT2D eigenvalue weighted by Gasteiger charge is -2.22. The molecule has 0 amide bonds. The zero-order chi connectivity index (χ0) is 16.9. The van der Waals surface area contributed by atoms with E-state index < -0.39 is 0 Å². The highest BCUT2D eigenvalue weighted by molar-refractivity contribution is 5.62. The molecule has 0 aliphatic rings. The average Bonchev–Trinajstić information content (AvgIpc) is 2.58. The van der Waals surface area contributed by atoms with Crippen molar-refractivity contribution in [2.24, 2.45) is 0 Å². The molecule has 0 aliphatic heterocycles. The summed E-state index contributed by atoms with van der Waals surface area (Å²) in [5.74, 6) is 1.48. The van der Waals surface area contributed by atoms with E-state index in [1.165, 1.54) is 11.1 Å². The summed E-state index contributed by atoms with van der Waals surface area (Å²) in [4.78, 5) is 11.2. The van der Waals surface area contributed by atoms with Crippen LogP contribution >= 0.6 is 0 Å². The first-order valence-electron chi connectivity index (χ1n) is 8.16. The van der Waals surface area contributed by atoms with Gasteiger partial charge in [0.15, 0.2) is 0 Å². The van der Waals surface area contributed by atoms with Gasteiger partial charge in [0.05, 0.1) is 0 Å². The number of aromatic nitrogens is 2. The van der Waals surface area contributed by atoms with Crippen molar-refractivity contribution in [3.05, 3.63) is 71.9 Å². The Labute approximate surface area is 143 Å². The van der Waals surface area contributed by atoms with Crippen LogP contribution in [0.15, 0.2) is 60.8 Å². The Morgan fingerprint density at radius 2 is 1.75 bits per heavy atom. The van der Waals surface area contributed by atoms with E-state index >= 15 is 0 Å². The van der Waals surface area contributed by atoms with Gasteiger partial charge in [0.2, 0.25) is 5.95 Å². The SMILES string of the molecule is CCN(c1cccc(C)c1)c1ccnc(Nc2ccc(C)cc2)n1. The highest BCUT2D eigenvalue weighted by Crippen LogP contribution is 2.25. The van der Waals surface area contributed by atoms with Crippen LogP contribution in [0, 0.1) is 13.8 Å². The van der Waals surface area contributed by atoms with Crippen LogP contribution in [-0.2, 0) is 0 Å². The lowest BCUT2D eigenvalue weighted by molar-refractivity contribution is 0.977. The summed E-state index contributed by atoms with van der Waals surface area (Å²) in [6.07, 6.45) is 1.79. The van der Waals surface area contributed by atoms with E-state index in [1.807, 2.05) is 18.2 Å². The van der Waals surface area contributed by atoms with E-state index in [4.69, 9.17) is 0 Å². The van der Waals surface area contributed by atoms with Gasteiger partial charge in [-0.05, 0) is 56.7 Å². The molecule has 0 aliphatic carbocycles. The van der Waals surface area contributed by atoms with Crippen LogP contribution < -0.4 is 10.2 Å². The lowest BCUT2D eigenvalue weighted by Crippen LogP contribution is -2.18. The minimum absolute atomic E-state index is 0.599. The Morgan fingerprint density at radius 1 is 0.958 bits per heavy atom. The zero-order valence-electron chi connectivity index (χ0n) is 14.3. The Balaban J connectivity index is 1.87. The fraction of sp³-hybridized carbons (Fsp3) is 0.200. The van der Waals surface area contributed by atoms with E-state index in [2.05, 4.69) is 77.4 Å². The van der Waals surface area contributed by atoms with Crippen molar-refractivity contribution in [2.45, 2.75) is 20.8 Å². The monoisotopic (exact) mass is 318 g/mol. The van der Waals surface area contributed by atoms with Crippen LogP contribution in [0.4, 0.5) is 23.1 Å². The van der Waals surface area contributed by atoms with Crippen LogP contribution in [0.5, 0.6) is 0 Å². The van der Waals surface area contributed by atoms with E-state index in [-0.39, 0.29) is 0 Å². The van der Waals surface area contributed by atoms with Crippen molar-refractivity contribution >= 4 is 23.1 Å². The van der Waals surface area contributed by atoms with Gasteiger partial charge >= 0.3 is 0 Å². The fourth-order valence-corrected chi connectivity index (χ4v) is 2.60. The van der Waals surface area contributed by atoms with Gasteiger partial charge in [-0.3, -0.25) is 0 Å². The maximum absolute atomic E-state index is 4.67. The van der Waals surface area contributed by atoms with Crippen molar-refractivity contribution < 1.29 is 0 Å². The van der Waals surface area contributed by atoms with Gasteiger partial charge in [0.25, 0.3) is 0 Å². The molecule has 0 radical (unpaired) electrons. The summed E-state index contributed by atoms with van der Waals surface area (Å²) in [6.45, 7) is 7.13. The summed E-state index contributed by atoms with van der Waals surface area (Å²) in [5.41, 5.74) is 4.58. The topological polar surface area (TPSA) is 41.1 Å². The zero-order valence-corrected chi connectivity index (χ0v) is 14.3. The smallest absolute Gasteiger partial charge is 0.229 e. The predicted molar refractivity (Wildman–Crippen MR) is 100 cm³/mol. The lowest BCUT2D eigenvalue weighted by atomic mass is 10.2. The van der Waals surface area contributed by atoms with Gasteiger partial charge in [-0.2, -0.15) is 4.98 Å². The van der Waals surface area contributed by atoms with Crippen LogP contribution in [-0.4, -0.2) is 16.5 Å². The number of rotatable bonds is 5.